The van der Waals surface area contributed by atoms with Crippen LogP contribution >= 0.6 is 0 Å². The van der Waals surface area contributed by atoms with Gasteiger partial charge in [-0.25, -0.2) is 0 Å². The number of carbonyl (C=O) groups excluding carboxylic acids is 3. The molecule has 2 N–H and O–H groups in total. The van der Waals surface area contributed by atoms with Crippen LogP contribution in [0.4, 0.5) is 5.69 Å². The highest BCUT2D eigenvalue weighted by Crippen LogP contribution is 2.24. The Bertz CT molecular complexity index is 1160. The Morgan fingerprint density at radius 2 is 1.56 bits per heavy atom. The van der Waals surface area contributed by atoms with Crippen molar-refractivity contribution in [3.63, 3.8) is 0 Å². The summed E-state index contributed by atoms with van der Waals surface area (Å²) < 4.78 is 10.8. The van der Waals surface area contributed by atoms with E-state index in [4.69, 9.17) is 9.47 Å². The van der Waals surface area contributed by atoms with Crippen molar-refractivity contribution in [2.75, 3.05) is 13.1 Å². The lowest BCUT2D eigenvalue weighted by Crippen LogP contribution is -2.39. The molecule has 2 amide bonds. The highest BCUT2D eigenvalue weighted by Gasteiger charge is 2.10. The van der Waals surface area contributed by atoms with Gasteiger partial charge in [-0.2, -0.15) is 0 Å². The van der Waals surface area contributed by atoms with E-state index in [1.54, 1.807) is 54.6 Å². The van der Waals surface area contributed by atoms with Crippen molar-refractivity contribution in [3.8, 4) is 11.5 Å². The molecular formula is C24H21N3O7. The van der Waals surface area contributed by atoms with Gasteiger partial charge in [-0.3, -0.25) is 24.5 Å². The monoisotopic (exact) mass is 463 g/mol. The maximum Gasteiger partial charge on any atom is 0.325 e. The van der Waals surface area contributed by atoms with E-state index in [1.807, 2.05) is 0 Å². The van der Waals surface area contributed by atoms with Crippen LogP contribution in [0.5, 0.6) is 11.5 Å². The highest BCUT2D eigenvalue weighted by molar-refractivity contribution is 5.96. The van der Waals surface area contributed by atoms with E-state index in [2.05, 4.69) is 10.6 Å². The largest absolute Gasteiger partial charge is 0.460 e. The van der Waals surface area contributed by atoms with Crippen LogP contribution < -0.4 is 15.4 Å². The van der Waals surface area contributed by atoms with E-state index in [0.717, 1.165) is 0 Å². The SMILES string of the molecule is O=C(CNC(=O)c1ccccc1)NCC(=O)OCc1cccc(Oc2ccc([N+](=O)[O-])cc2)c1. The summed E-state index contributed by atoms with van der Waals surface area (Å²) in [5.41, 5.74) is 1.03. The number of nitrogens with zero attached hydrogens (tertiary/aromatic N) is 1. The summed E-state index contributed by atoms with van der Waals surface area (Å²) in [6, 6.07) is 20.9. The molecular weight excluding hydrogens is 442 g/mol. The quantitative estimate of drug-likeness (QED) is 0.268. The van der Waals surface area contributed by atoms with Crippen LogP contribution in [0.25, 0.3) is 0 Å². The fourth-order valence-electron chi connectivity index (χ4n) is 2.77. The minimum Gasteiger partial charge on any atom is -0.460 e. The zero-order valence-corrected chi connectivity index (χ0v) is 17.9. The van der Waals surface area contributed by atoms with Crippen molar-refractivity contribution in [2.24, 2.45) is 0 Å². The van der Waals surface area contributed by atoms with E-state index in [0.29, 0.717) is 22.6 Å². The Morgan fingerprint density at radius 3 is 2.26 bits per heavy atom. The molecule has 0 saturated heterocycles. The van der Waals surface area contributed by atoms with Crippen LogP contribution in [0.15, 0.2) is 78.9 Å². The summed E-state index contributed by atoms with van der Waals surface area (Å²) in [6.07, 6.45) is 0. The molecule has 10 nitrogen and oxygen atoms in total. The smallest absolute Gasteiger partial charge is 0.325 e. The number of hydrogen-bond acceptors (Lipinski definition) is 7. The van der Waals surface area contributed by atoms with E-state index in [-0.39, 0.29) is 25.4 Å². The number of carbonyl (C=O) groups is 3. The third-order valence-electron chi connectivity index (χ3n) is 4.46. The van der Waals surface area contributed by atoms with Gasteiger partial charge in [-0.15, -0.1) is 0 Å². The molecule has 0 aliphatic heterocycles. The van der Waals surface area contributed by atoms with Crippen molar-refractivity contribution < 1.29 is 28.8 Å². The molecule has 10 heteroatoms. The Balaban J connectivity index is 1.40. The molecule has 0 atom stereocenters. The number of amides is 2. The first kappa shape index (κ1) is 23.9. The minimum atomic E-state index is -0.649. The molecule has 0 aromatic heterocycles. The summed E-state index contributed by atoms with van der Waals surface area (Å²) >= 11 is 0. The van der Waals surface area contributed by atoms with Crippen molar-refractivity contribution >= 4 is 23.5 Å². The fraction of sp³-hybridized carbons (Fsp3) is 0.125. The van der Waals surface area contributed by atoms with Crippen molar-refractivity contribution in [3.05, 3.63) is 100 Å². The molecule has 0 unspecified atom stereocenters. The molecule has 3 aromatic carbocycles. The second-order valence-electron chi connectivity index (χ2n) is 6.99. The average Bonchev–Trinajstić information content (AvgIpc) is 2.86. The van der Waals surface area contributed by atoms with E-state index < -0.39 is 22.7 Å². The number of benzene rings is 3. The lowest BCUT2D eigenvalue weighted by molar-refractivity contribution is -0.384. The van der Waals surface area contributed by atoms with Gasteiger partial charge in [0.1, 0.15) is 24.7 Å². The first-order valence-corrected chi connectivity index (χ1v) is 10.2. The van der Waals surface area contributed by atoms with Gasteiger partial charge in [0.05, 0.1) is 11.5 Å². The van der Waals surface area contributed by atoms with E-state index in [9.17, 15) is 24.5 Å². The van der Waals surface area contributed by atoms with Crippen LogP contribution in [0.1, 0.15) is 15.9 Å². The fourth-order valence-corrected chi connectivity index (χ4v) is 2.77. The Hall–Kier alpha value is -4.73. The molecule has 0 aliphatic rings. The van der Waals surface area contributed by atoms with Crippen LogP contribution in [0, 0.1) is 10.1 Å². The molecule has 0 saturated carbocycles. The Kier molecular flexibility index (Phi) is 8.28. The summed E-state index contributed by atoms with van der Waals surface area (Å²) in [4.78, 5) is 45.9. The number of hydrogen-bond donors (Lipinski definition) is 2. The van der Waals surface area contributed by atoms with Crippen molar-refractivity contribution in [1.82, 2.24) is 10.6 Å². The van der Waals surface area contributed by atoms with Gasteiger partial charge in [-0.1, -0.05) is 30.3 Å². The van der Waals surface area contributed by atoms with Gasteiger partial charge in [0.2, 0.25) is 5.91 Å². The Morgan fingerprint density at radius 1 is 0.824 bits per heavy atom. The van der Waals surface area contributed by atoms with Gasteiger partial charge < -0.3 is 20.1 Å². The first-order valence-electron chi connectivity index (χ1n) is 10.2. The van der Waals surface area contributed by atoms with Gasteiger partial charge in [0.15, 0.2) is 0 Å². The van der Waals surface area contributed by atoms with Gasteiger partial charge >= 0.3 is 5.97 Å². The number of nitrogens with one attached hydrogen (secondary N) is 2. The van der Waals surface area contributed by atoms with Gasteiger partial charge in [0, 0.05) is 17.7 Å². The molecule has 0 aliphatic carbocycles. The molecule has 0 bridgehead atoms. The molecule has 34 heavy (non-hydrogen) atoms. The lowest BCUT2D eigenvalue weighted by Gasteiger charge is -2.09. The second-order valence-corrected chi connectivity index (χ2v) is 6.99. The Labute approximate surface area is 194 Å². The molecule has 0 heterocycles. The molecule has 0 radical (unpaired) electrons. The normalized spacial score (nSPS) is 10.1. The number of nitro groups is 1. The molecule has 3 aromatic rings. The van der Waals surface area contributed by atoms with Gasteiger partial charge in [-0.05, 0) is 42.0 Å². The third kappa shape index (κ3) is 7.45. The summed E-state index contributed by atoms with van der Waals surface area (Å²) in [6.45, 7) is -0.668. The standard InChI is InChI=1S/C24H21N3O7/c28-22(14-26-24(30)18-6-2-1-3-7-18)25-15-23(29)33-16-17-5-4-8-21(13-17)34-20-11-9-19(10-12-20)27(31)32/h1-13H,14-16H2,(H,25,28)(H,26,30). The van der Waals surface area contributed by atoms with Gasteiger partial charge in [0.25, 0.3) is 11.6 Å². The second kappa shape index (κ2) is 11.8. The minimum absolute atomic E-state index is 0.0429. The average molecular weight is 463 g/mol. The number of rotatable bonds is 10. The van der Waals surface area contributed by atoms with Crippen LogP contribution in [-0.4, -0.2) is 35.8 Å². The van der Waals surface area contributed by atoms with E-state index >= 15 is 0 Å². The number of esters is 1. The molecule has 174 valence electrons. The number of nitro benzene ring substituents is 1. The summed E-state index contributed by atoms with van der Waals surface area (Å²) in [5, 5.41) is 15.6. The maximum absolute atomic E-state index is 11.9. The molecule has 0 fully saturated rings. The lowest BCUT2D eigenvalue weighted by atomic mass is 10.2. The van der Waals surface area contributed by atoms with Crippen molar-refractivity contribution in [1.29, 1.82) is 0 Å². The molecule has 3 rings (SSSR count). The maximum atomic E-state index is 11.9. The zero-order valence-electron chi connectivity index (χ0n) is 17.9. The van der Waals surface area contributed by atoms with Crippen molar-refractivity contribution in [2.45, 2.75) is 6.61 Å². The van der Waals surface area contributed by atoms with Crippen LogP contribution in [-0.2, 0) is 20.9 Å². The molecule has 0 spiro atoms. The van der Waals surface area contributed by atoms with Crippen LogP contribution in [0.2, 0.25) is 0 Å². The zero-order chi connectivity index (χ0) is 24.3. The number of ether oxygens (including phenoxy) is 2. The topological polar surface area (TPSA) is 137 Å². The predicted octanol–water partition coefficient (Wildman–Crippen LogP) is 2.98. The highest BCUT2D eigenvalue weighted by atomic mass is 16.6. The van der Waals surface area contributed by atoms with E-state index in [1.165, 1.54) is 24.3 Å². The third-order valence-corrected chi connectivity index (χ3v) is 4.46. The van der Waals surface area contributed by atoms with Crippen LogP contribution in [0.3, 0.4) is 0 Å². The predicted molar refractivity (Wildman–Crippen MR) is 121 cm³/mol. The summed E-state index contributed by atoms with van der Waals surface area (Å²) in [7, 11) is 0. The first-order chi connectivity index (χ1) is 16.4. The summed E-state index contributed by atoms with van der Waals surface area (Å²) in [5.74, 6) is -0.690. The number of non-ortho nitro benzene ring substituents is 1.